The fourth-order valence-electron chi connectivity index (χ4n) is 3.74. The minimum Gasteiger partial charge on any atom is -0.462 e. The molecule has 0 aliphatic carbocycles. The molecule has 4 rings (SSSR count). The van der Waals surface area contributed by atoms with Gasteiger partial charge < -0.3 is 15.0 Å². The molecule has 0 spiro atoms. The van der Waals surface area contributed by atoms with Gasteiger partial charge in [-0.25, -0.2) is 28.3 Å². The van der Waals surface area contributed by atoms with Crippen molar-refractivity contribution in [2.75, 3.05) is 29.2 Å². The number of hydrogen-bond donors (Lipinski definition) is 3. The number of carbonyl (C=O) groups excluding carboxylic acids is 2. The van der Waals surface area contributed by atoms with Crippen molar-refractivity contribution >= 4 is 67.4 Å². The number of sulfonamides is 1. The summed E-state index contributed by atoms with van der Waals surface area (Å²) in [6.45, 7) is 3.96. The summed E-state index contributed by atoms with van der Waals surface area (Å²) < 4.78 is 28.2. The summed E-state index contributed by atoms with van der Waals surface area (Å²) in [5, 5.41) is 12.3. The molecule has 0 fully saturated rings. The molecule has 0 radical (unpaired) electrons. The Morgan fingerprint density at radius 3 is 2.40 bits per heavy atom. The van der Waals surface area contributed by atoms with Gasteiger partial charge in [0.2, 0.25) is 21.9 Å². The van der Waals surface area contributed by atoms with Crippen molar-refractivity contribution in [2.45, 2.75) is 31.7 Å². The summed E-state index contributed by atoms with van der Waals surface area (Å²) in [6.07, 6.45) is -0.0426. The van der Waals surface area contributed by atoms with E-state index in [2.05, 4.69) is 25.6 Å². The van der Waals surface area contributed by atoms with Crippen LogP contribution in [0.4, 0.5) is 22.6 Å². The molecule has 4 aromatic rings. The molecule has 0 aliphatic heterocycles. The van der Waals surface area contributed by atoms with Crippen molar-refractivity contribution in [1.29, 1.82) is 0 Å². The Morgan fingerprint density at radius 1 is 1.07 bits per heavy atom. The average Bonchev–Trinajstić information content (AvgIpc) is 3.31. The second-order valence-electron chi connectivity index (χ2n) is 9.00. The predicted molar refractivity (Wildman–Crippen MR) is 162 cm³/mol. The molecule has 0 saturated carbocycles. The van der Waals surface area contributed by atoms with E-state index in [9.17, 15) is 18.0 Å². The number of rotatable bonds is 11. The number of carbonyl (C=O) groups is 2. The number of hydrogen-bond acceptors (Lipinski definition) is 11. The van der Waals surface area contributed by atoms with E-state index in [4.69, 9.17) is 21.5 Å². The molecule has 12 nitrogen and oxygen atoms in total. The lowest BCUT2D eigenvalue weighted by atomic mass is 10.2. The second-order valence-corrected chi connectivity index (χ2v) is 12.0. The number of halogens is 1. The maximum Gasteiger partial charge on any atom is 0.350 e. The van der Waals surface area contributed by atoms with Gasteiger partial charge in [-0.15, -0.1) is 0 Å². The van der Waals surface area contributed by atoms with Crippen molar-refractivity contribution in [2.24, 2.45) is 5.14 Å². The van der Waals surface area contributed by atoms with Gasteiger partial charge >= 0.3 is 5.97 Å². The van der Waals surface area contributed by atoms with Crippen molar-refractivity contribution in [1.82, 2.24) is 15.0 Å². The minimum atomic E-state index is -3.80. The van der Waals surface area contributed by atoms with Gasteiger partial charge in [0.25, 0.3) is 0 Å². The maximum atomic E-state index is 13.1. The van der Waals surface area contributed by atoms with Gasteiger partial charge in [0.15, 0.2) is 5.13 Å². The molecule has 220 valence electrons. The summed E-state index contributed by atoms with van der Waals surface area (Å²) in [6, 6.07) is 14.6. The number of primary sulfonamides is 1. The predicted octanol–water partition coefficient (Wildman–Crippen LogP) is 4.28. The van der Waals surface area contributed by atoms with Gasteiger partial charge in [0, 0.05) is 30.4 Å². The monoisotopic (exact) mass is 629 g/mol. The van der Waals surface area contributed by atoms with E-state index in [1.54, 1.807) is 63.4 Å². The summed E-state index contributed by atoms with van der Waals surface area (Å²) in [5.41, 5.74) is 2.36. The van der Waals surface area contributed by atoms with Gasteiger partial charge in [-0.05, 0) is 55.8 Å². The molecule has 0 unspecified atom stereocenters. The second kappa shape index (κ2) is 13.2. The van der Waals surface area contributed by atoms with Crippen LogP contribution in [0.15, 0.2) is 59.5 Å². The fraction of sp³-hybridized carbons (Fsp3) is 0.222. The van der Waals surface area contributed by atoms with Crippen LogP contribution in [0.5, 0.6) is 0 Å². The zero-order valence-electron chi connectivity index (χ0n) is 22.9. The molecule has 1 amide bonds. The van der Waals surface area contributed by atoms with E-state index in [1.165, 1.54) is 17.0 Å². The number of nitrogens with two attached hydrogens (primary N) is 1. The van der Waals surface area contributed by atoms with Gasteiger partial charge in [0.05, 0.1) is 29.3 Å². The number of nitrogens with zero attached hydrogens (tertiary/aromatic N) is 4. The smallest absolute Gasteiger partial charge is 0.350 e. The third-order valence-corrected chi connectivity index (χ3v) is 8.14. The lowest BCUT2D eigenvalue weighted by Gasteiger charge is -2.18. The number of aromatic nitrogens is 3. The van der Waals surface area contributed by atoms with Crippen LogP contribution in [0.2, 0.25) is 5.02 Å². The lowest BCUT2D eigenvalue weighted by molar-refractivity contribution is -0.117. The van der Waals surface area contributed by atoms with Gasteiger partial charge in [-0.3, -0.25) is 10.1 Å². The van der Waals surface area contributed by atoms with Crippen molar-refractivity contribution in [3.8, 4) is 0 Å². The van der Waals surface area contributed by atoms with Crippen molar-refractivity contribution in [3.05, 3.63) is 81.4 Å². The van der Waals surface area contributed by atoms with E-state index in [0.29, 0.717) is 44.5 Å². The Morgan fingerprint density at radius 2 is 1.76 bits per heavy atom. The first-order chi connectivity index (χ1) is 19.9. The summed E-state index contributed by atoms with van der Waals surface area (Å²) in [4.78, 5) is 40.6. The number of aryl methyl sites for hydroxylation is 1. The number of likely N-dealkylation sites (N-methyl/N-ethyl adjacent to an activating group) is 1. The Bertz CT molecular complexity index is 1700. The van der Waals surface area contributed by atoms with E-state index >= 15 is 0 Å². The van der Waals surface area contributed by atoms with Crippen LogP contribution in [-0.2, 0) is 32.5 Å². The summed E-state index contributed by atoms with van der Waals surface area (Å²) in [5.74, 6) is -0.132. The molecule has 0 atom stereocenters. The highest BCUT2D eigenvalue weighted by molar-refractivity contribution is 7.89. The first-order valence-corrected chi connectivity index (χ1v) is 15.3. The largest absolute Gasteiger partial charge is 0.462 e. The third-order valence-electron chi connectivity index (χ3n) is 5.90. The van der Waals surface area contributed by atoms with Crippen LogP contribution in [0.1, 0.15) is 33.5 Å². The highest BCUT2D eigenvalue weighted by Gasteiger charge is 2.19. The first kappa shape index (κ1) is 30.8. The molecule has 0 bridgehead atoms. The number of amides is 1. The molecule has 2 heterocycles. The molecule has 2 aromatic heterocycles. The number of nitrogens with one attached hydrogen (secondary N) is 2. The Labute approximate surface area is 252 Å². The van der Waals surface area contributed by atoms with Crippen LogP contribution in [0, 0.1) is 6.92 Å². The van der Waals surface area contributed by atoms with E-state index in [1.807, 2.05) is 0 Å². The van der Waals surface area contributed by atoms with Gasteiger partial charge in [-0.2, -0.15) is 4.98 Å². The van der Waals surface area contributed by atoms with E-state index in [-0.39, 0.29) is 29.8 Å². The highest BCUT2D eigenvalue weighted by atomic mass is 35.5. The first-order valence-electron chi connectivity index (χ1n) is 12.6. The van der Waals surface area contributed by atoms with Crippen molar-refractivity contribution < 1.29 is 22.7 Å². The minimum absolute atomic E-state index is 0.00584. The van der Waals surface area contributed by atoms with Crippen LogP contribution in [-0.4, -0.2) is 48.9 Å². The normalized spacial score (nSPS) is 11.2. The van der Waals surface area contributed by atoms with Crippen molar-refractivity contribution in [3.63, 3.8) is 0 Å². The average molecular weight is 630 g/mol. The molecule has 4 N–H and O–H groups in total. The Balaban J connectivity index is 1.58. The summed E-state index contributed by atoms with van der Waals surface area (Å²) in [7, 11) is -2.15. The number of anilines is 4. The lowest BCUT2D eigenvalue weighted by Crippen LogP contribution is -2.28. The third kappa shape index (κ3) is 8.00. The topological polar surface area (TPSA) is 169 Å². The number of thiazole rings is 1. The molecule has 42 heavy (non-hydrogen) atoms. The van der Waals surface area contributed by atoms with Crippen LogP contribution >= 0.6 is 22.9 Å². The molecule has 2 aromatic carbocycles. The fourth-order valence-corrected chi connectivity index (χ4v) is 5.23. The van der Waals surface area contributed by atoms with E-state index < -0.39 is 16.0 Å². The standard InChI is InChI=1S/C27H28ClN7O5S2/c1-4-40-25(37)24-16(2)31-27(41-24)34-26-32-19(14-23(36)35(3)20-9-7-18(28)8-10-20)13-22(33-26)30-15-17-5-11-21(12-6-17)42(29,38)39/h5-13H,4,14-15H2,1-3H3,(H2,29,38,39)(H2,30,31,32,33,34). The summed E-state index contributed by atoms with van der Waals surface area (Å²) >= 11 is 7.08. The number of esters is 1. The molecule has 15 heteroatoms. The molecular formula is C27H28ClN7O5S2. The number of benzene rings is 2. The van der Waals surface area contributed by atoms with Crippen LogP contribution < -0.4 is 20.7 Å². The van der Waals surface area contributed by atoms with Gasteiger partial charge in [0.1, 0.15) is 10.7 Å². The zero-order chi connectivity index (χ0) is 30.4. The quantitative estimate of drug-likeness (QED) is 0.204. The Hall–Kier alpha value is -4.11. The SMILES string of the molecule is CCOC(=O)c1sc(Nc2nc(CC(=O)N(C)c3ccc(Cl)cc3)cc(NCc3ccc(S(N)(=O)=O)cc3)n2)nc1C. The Kier molecular flexibility index (Phi) is 9.73. The number of ether oxygens (including phenoxy) is 1. The molecule has 0 aliphatic rings. The maximum absolute atomic E-state index is 13.1. The van der Waals surface area contributed by atoms with Crippen LogP contribution in [0.25, 0.3) is 0 Å². The highest BCUT2D eigenvalue weighted by Crippen LogP contribution is 2.26. The van der Waals surface area contributed by atoms with Crippen LogP contribution in [0.3, 0.4) is 0 Å². The molecular weight excluding hydrogens is 602 g/mol. The zero-order valence-corrected chi connectivity index (χ0v) is 25.3. The molecule has 0 saturated heterocycles. The van der Waals surface area contributed by atoms with Gasteiger partial charge in [-0.1, -0.05) is 35.1 Å². The van der Waals surface area contributed by atoms with E-state index in [0.717, 1.165) is 16.9 Å².